The largest absolute Gasteiger partial charge is 0.490 e. The fourth-order valence-electron chi connectivity index (χ4n) is 3.43. The second-order valence-electron chi connectivity index (χ2n) is 7.87. The Morgan fingerprint density at radius 3 is 2.54 bits per heavy atom. The third-order valence-corrected chi connectivity index (χ3v) is 6.07. The monoisotopic (exact) mass is 556 g/mol. The zero-order valence-corrected chi connectivity index (χ0v) is 19.3. The number of aliphatic carboxylic acids is 1. The van der Waals surface area contributed by atoms with Crippen LogP contribution in [0.4, 0.5) is 42.4 Å². The van der Waals surface area contributed by atoms with E-state index < -0.39 is 42.5 Å². The van der Waals surface area contributed by atoms with Crippen LogP contribution in [-0.2, 0) is 4.79 Å². The number of carboxylic acid groups (broad SMARTS) is 1. The second-order valence-corrected chi connectivity index (χ2v) is 8.61. The molecule has 0 radical (unpaired) electrons. The lowest BCUT2D eigenvalue weighted by Gasteiger charge is -2.35. The zero-order valence-electron chi connectivity index (χ0n) is 18.5. The lowest BCUT2D eigenvalue weighted by Crippen LogP contribution is -2.55. The van der Waals surface area contributed by atoms with Crippen molar-refractivity contribution in [2.75, 3.05) is 10.6 Å². The van der Waals surface area contributed by atoms with Crippen LogP contribution in [-0.4, -0.2) is 55.8 Å². The number of nitrogens with two attached hydrogens (primary N) is 1. The Bertz CT molecular complexity index is 1260. The van der Waals surface area contributed by atoms with E-state index in [1.807, 2.05) is 0 Å². The van der Waals surface area contributed by atoms with Gasteiger partial charge in [0.15, 0.2) is 0 Å². The van der Waals surface area contributed by atoms with Crippen LogP contribution in [0, 0.1) is 0 Å². The number of fused-ring (bicyclic) bond motifs is 1. The average Bonchev–Trinajstić information content (AvgIpc) is 3.43. The van der Waals surface area contributed by atoms with Crippen LogP contribution in [0.2, 0.25) is 0 Å². The number of carbonyl (C=O) groups is 2. The van der Waals surface area contributed by atoms with E-state index in [0.29, 0.717) is 18.4 Å². The summed E-state index contributed by atoms with van der Waals surface area (Å²) in [5, 5.41) is 19.3. The molecule has 0 aromatic carbocycles. The molecular weight excluding hydrogens is 537 g/mol. The number of hydrogen-bond donors (Lipinski definition) is 4. The van der Waals surface area contributed by atoms with Gasteiger partial charge in [-0.25, -0.2) is 31.9 Å². The van der Waals surface area contributed by atoms with Crippen molar-refractivity contribution in [1.82, 2.24) is 14.6 Å². The van der Waals surface area contributed by atoms with Gasteiger partial charge in [0.1, 0.15) is 5.69 Å². The van der Waals surface area contributed by atoms with E-state index in [1.165, 1.54) is 27.5 Å². The molecule has 17 heteroatoms. The first kappa shape index (κ1) is 28.1. The molecular formula is C20H19F7N6O3S. The van der Waals surface area contributed by atoms with Gasteiger partial charge in [-0.05, 0) is 25.0 Å². The van der Waals surface area contributed by atoms with Crippen molar-refractivity contribution >= 4 is 40.4 Å². The van der Waals surface area contributed by atoms with Crippen LogP contribution in [0.5, 0.6) is 0 Å². The summed E-state index contributed by atoms with van der Waals surface area (Å²) < 4.78 is 86.8. The normalized spacial score (nSPS) is 19.3. The highest BCUT2D eigenvalue weighted by atomic mass is 32.1. The molecule has 37 heavy (non-hydrogen) atoms. The minimum Gasteiger partial charge on any atom is -0.475 e. The number of thiophene rings is 1. The number of nitrogens with one attached hydrogen (secondary N) is 2. The molecule has 5 N–H and O–H groups in total. The standard InChI is InChI=1S/C18H18F4N6OS.C2HF3O2/c19-15(20)10-7-30-8-12(10)25-16(29)13-4-3-9-6-24-17(27-28(9)13)26-11-2-1-5-18(21,22)14(11)23;3-2(4,5)1(6)7/h3-4,6-8,11,14-15H,1-2,5,23H2,(H,25,29)(H,26,27);(H,6,7)/t11-,14-;/m1./s1. The van der Waals surface area contributed by atoms with Gasteiger partial charge in [0, 0.05) is 17.2 Å². The van der Waals surface area contributed by atoms with E-state index in [1.54, 1.807) is 6.07 Å². The van der Waals surface area contributed by atoms with Crippen molar-refractivity contribution < 1.29 is 45.4 Å². The molecule has 1 aliphatic carbocycles. The molecule has 1 fully saturated rings. The fourth-order valence-corrected chi connectivity index (χ4v) is 4.21. The number of halogens is 7. The summed E-state index contributed by atoms with van der Waals surface area (Å²) in [5.74, 6) is -6.34. The number of alkyl halides is 7. The summed E-state index contributed by atoms with van der Waals surface area (Å²) >= 11 is 1.05. The highest BCUT2D eigenvalue weighted by Gasteiger charge is 2.45. The quantitative estimate of drug-likeness (QED) is 0.339. The van der Waals surface area contributed by atoms with E-state index in [2.05, 4.69) is 20.7 Å². The van der Waals surface area contributed by atoms with Crippen molar-refractivity contribution in [1.29, 1.82) is 0 Å². The molecule has 1 saturated carbocycles. The SMILES string of the molecule is N[C@@H]1[C@H](Nc2ncc3ccc(C(=O)Nc4cscc4C(F)F)n3n2)CCCC1(F)F.O=C(O)C(F)(F)F. The summed E-state index contributed by atoms with van der Waals surface area (Å²) in [6, 6.07) is 0.946. The maximum atomic E-state index is 13.9. The highest BCUT2D eigenvalue weighted by Crippen LogP contribution is 2.34. The molecule has 202 valence electrons. The van der Waals surface area contributed by atoms with E-state index in [0.717, 1.165) is 11.3 Å². The van der Waals surface area contributed by atoms with E-state index in [-0.39, 0.29) is 29.3 Å². The Morgan fingerprint density at radius 2 is 1.92 bits per heavy atom. The minimum absolute atomic E-state index is 0.0257. The first-order valence-electron chi connectivity index (χ1n) is 10.4. The minimum atomic E-state index is -5.08. The number of aromatic nitrogens is 3. The number of anilines is 2. The molecule has 4 rings (SSSR count). The molecule has 0 spiro atoms. The van der Waals surface area contributed by atoms with Crippen molar-refractivity contribution in [2.24, 2.45) is 5.73 Å². The topological polar surface area (TPSA) is 135 Å². The Hall–Kier alpha value is -3.47. The Labute approximate surface area is 207 Å². The maximum absolute atomic E-state index is 13.9. The molecule has 3 aromatic heterocycles. The van der Waals surface area contributed by atoms with Crippen molar-refractivity contribution in [3.63, 3.8) is 0 Å². The van der Waals surface area contributed by atoms with Gasteiger partial charge in [-0.1, -0.05) is 0 Å². The molecule has 3 heterocycles. The maximum Gasteiger partial charge on any atom is 0.490 e. The third-order valence-electron chi connectivity index (χ3n) is 5.31. The molecule has 0 aliphatic heterocycles. The molecule has 9 nitrogen and oxygen atoms in total. The van der Waals surface area contributed by atoms with Gasteiger partial charge in [-0.2, -0.15) is 13.2 Å². The van der Waals surface area contributed by atoms with E-state index in [4.69, 9.17) is 15.6 Å². The van der Waals surface area contributed by atoms with E-state index >= 15 is 0 Å². The fraction of sp³-hybridized carbons (Fsp3) is 0.400. The summed E-state index contributed by atoms with van der Waals surface area (Å²) in [7, 11) is 0. The molecule has 1 amide bonds. The molecule has 0 unspecified atom stereocenters. The average molecular weight is 556 g/mol. The van der Waals surface area contributed by atoms with Gasteiger partial charge >= 0.3 is 12.1 Å². The lowest BCUT2D eigenvalue weighted by atomic mass is 9.87. The molecule has 3 aromatic rings. The zero-order chi connectivity index (χ0) is 27.5. The predicted molar refractivity (Wildman–Crippen MR) is 118 cm³/mol. The van der Waals surface area contributed by atoms with Crippen LogP contribution < -0.4 is 16.4 Å². The van der Waals surface area contributed by atoms with Crippen LogP contribution in [0.25, 0.3) is 5.52 Å². The van der Waals surface area contributed by atoms with E-state index in [9.17, 15) is 35.5 Å². The Morgan fingerprint density at radius 1 is 1.24 bits per heavy atom. The Kier molecular flexibility index (Phi) is 8.26. The van der Waals surface area contributed by atoms with Crippen LogP contribution >= 0.6 is 11.3 Å². The first-order chi connectivity index (χ1) is 17.2. The van der Waals surface area contributed by atoms with Crippen LogP contribution in [0.1, 0.15) is 41.7 Å². The summed E-state index contributed by atoms with van der Waals surface area (Å²) in [5.41, 5.74) is 6.01. The molecule has 0 bridgehead atoms. The number of carbonyl (C=O) groups excluding carboxylic acids is 1. The molecule has 0 saturated heterocycles. The third kappa shape index (κ3) is 6.65. The van der Waals surface area contributed by atoms with Crippen molar-refractivity contribution in [2.45, 2.75) is 49.9 Å². The number of amides is 1. The van der Waals surface area contributed by atoms with Gasteiger partial charge < -0.3 is 21.5 Å². The van der Waals surface area contributed by atoms with Crippen LogP contribution in [0.15, 0.2) is 29.1 Å². The number of hydrogen-bond acceptors (Lipinski definition) is 7. The van der Waals surface area contributed by atoms with Crippen molar-refractivity contribution in [3.8, 4) is 0 Å². The number of nitrogens with zero attached hydrogens (tertiary/aromatic N) is 3. The number of rotatable bonds is 5. The first-order valence-corrected chi connectivity index (χ1v) is 11.4. The smallest absolute Gasteiger partial charge is 0.475 e. The molecule has 2 atom stereocenters. The number of carboxylic acids is 1. The summed E-state index contributed by atoms with van der Waals surface area (Å²) in [6.45, 7) is 0. The van der Waals surface area contributed by atoms with Crippen LogP contribution in [0.3, 0.4) is 0 Å². The second kappa shape index (κ2) is 10.9. The summed E-state index contributed by atoms with van der Waals surface area (Å²) in [6.07, 6.45) is -5.89. The van der Waals surface area contributed by atoms with Gasteiger partial charge in [0.2, 0.25) is 5.95 Å². The van der Waals surface area contributed by atoms with Gasteiger partial charge in [0.25, 0.3) is 18.3 Å². The Balaban J connectivity index is 0.000000479. The van der Waals surface area contributed by atoms with Gasteiger partial charge in [0.05, 0.1) is 35.0 Å². The lowest BCUT2D eigenvalue weighted by molar-refractivity contribution is -0.192. The molecule has 1 aliphatic rings. The van der Waals surface area contributed by atoms with Crippen molar-refractivity contribution in [3.05, 3.63) is 40.3 Å². The predicted octanol–water partition coefficient (Wildman–Crippen LogP) is 4.54. The summed E-state index contributed by atoms with van der Waals surface area (Å²) in [4.78, 5) is 25.6. The van der Waals surface area contributed by atoms with Gasteiger partial charge in [-0.15, -0.1) is 16.4 Å². The van der Waals surface area contributed by atoms with Gasteiger partial charge in [-0.3, -0.25) is 4.79 Å². The highest BCUT2D eigenvalue weighted by molar-refractivity contribution is 7.08.